The van der Waals surface area contributed by atoms with Crippen LogP contribution in [0.15, 0.2) is 12.4 Å². The zero-order valence-corrected chi connectivity index (χ0v) is 34.5. The average molecular weight is 686 g/mol. The molecule has 0 aromatic carbocycles. The van der Waals surface area contributed by atoms with Crippen LogP contribution in [-0.4, -0.2) is 4.57 Å². The molecule has 0 saturated heterocycles. The standard InChI is InChI=1S/C47H93N2/c1-4-7-10-13-16-19-21-23-24-25-26-28-30-32-35-38-41-44-49-46-45-48(43-40-37-34-18-15-12-9-6-3)47(49)42-39-36-33-31-29-27-22-20-17-14-11-8-5-2/h45-46H,4-44H2,1-3H3/q+1. The minimum absolute atomic E-state index is 1.23. The molecule has 0 unspecified atom stereocenters. The van der Waals surface area contributed by atoms with E-state index in [0.29, 0.717) is 0 Å². The van der Waals surface area contributed by atoms with Crippen molar-refractivity contribution in [1.29, 1.82) is 0 Å². The molecular formula is C47H93N2+. The molecule has 290 valence electrons. The first kappa shape index (κ1) is 46.2. The predicted molar refractivity (Wildman–Crippen MR) is 221 cm³/mol. The lowest BCUT2D eigenvalue weighted by molar-refractivity contribution is -0.704. The molecule has 0 bridgehead atoms. The van der Waals surface area contributed by atoms with Crippen molar-refractivity contribution in [3.8, 4) is 0 Å². The molecule has 1 aromatic rings. The van der Waals surface area contributed by atoms with Crippen molar-refractivity contribution in [1.82, 2.24) is 4.57 Å². The number of unbranched alkanes of at least 4 members (excludes halogenated alkanes) is 35. The zero-order chi connectivity index (χ0) is 35.1. The molecule has 0 atom stereocenters. The Morgan fingerprint density at radius 1 is 0.347 bits per heavy atom. The molecule has 1 heterocycles. The van der Waals surface area contributed by atoms with Crippen molar-refractivity contribution in [2.24, 2.45) is 0 Å². The third-order valence-electron chi connectivity index (χ3n) is 11.3. The van der Waals surface area contributed by atoms with E-state index >= 15 is 0 Å². The van der Waals surface area contributed by atoms with Gasteiger partial charge in [-0.05, 0) is 32.1 Å². The highest BCUT2D eigenvalue weighted by atomic mass is 15.1. The molecule has 1 rings (SSSR count). The Morgan fingerprint density at radius 2 is 0.633 bits per heavy atom. The molecule has 49 heavy (non-hydrogen) atoms. The van der Waals surface area contributed by atoms with Gasteiger partial charge in [-0.2, -0.15) is 0 Å². The van der Waals surface area contributed by atoms with Gasteiger partial charge in [0, 0.05) is 6.42 Å². The summed E-state index contributed by atoms with van der Waals surface area (Å²) >= 11 is 0. The maximum absolute atomic E-state index is 2.65. The molecule has 2 nitrogen and oxygen atoms in total. The van der Waals surface area contributed by atoms with Crippen LogP contribution in [-0.2, 0) is 19.5 Å². The number of aromatic nitrogens is 2. The van der Waals surface area contributed by atoms with Gasteiger partial charge in [-0.25, -0.2) is 9.13 Å². The Balaban J connectivity index is 2.21. The van der Waals surface area contributed by atoms with Gasteiger partial charge in [0.2, 0.25) is 0 Å². The number of nitrogens with zero attached hydrogens (tertiary/aromatic N) is 2. The maximum atomic E-state index is 2.65. The number of hydrogen-bond acceptors (Lipinski definition) is 0. The van der Waals surface area contributed by atoms with E-state index in [2.05, 4.69) is 42.3 Å². The molecule has 2 heteroatoms. The Hall–Kier alpha value is -0.790. The molecule has 0 saturated carbocycles. The molecule has 0 aliphatic carbocycles. The molecule has 0 aliphatic heterocycles. The minimum Gasteiger partial charge on any atom is -0.234 e. The summed E-state index contributed by atoms with van der Waals surface area (Å²) in [6.07, 6.45) is 60.8. The van der Waals surface area contributed by atoms with Crippen LogP contribution in [0.3, 0.4) is 0 Å². The lowest BCUT2D eigenvalue weighted by atomic mass is 10.0. The van der Waals surface area contributed by atoms with Gasteiger partial charge < -0.3 is 0 Å². The predicted octanol–water partition coefficient (Wildman–Crippen LogP) is 16.2. The number of rotatable bonds is 41. The van der Waals surface area contributed by atoms with E-state index in [0.717, 1.165) is 0 Å². The third-order valence-corrected chi connectivity index (χ3v) is 11.3. The molecule has 1 aromatic heterocycles. The highest BCUT2D eigenvalue weighted by Crippen LogP contribution is 2.16. The van der Waals surface area contributed by atoms with Crippen molar-refractivity contribution in [2.75, 3.05) is 0 Å². The molecule has 0 amide bonds. The second-order valence-electron chi connectivity index (χ2n) is 16.2. The summed E-state index contributed by atoms with van der Waals surface area (Å²) in [4.78, 5) is 0. The summed E-state index contributed by atoms with van der Waals surface area (Å²) < 4.78 is 5.29. The first-order valence-electron chi connectivity index (χ1n) is 23.4. The normalized spacial score (nSPS) is 11.7. The lowest BCUT2D eigenvalue weighted by Gasteiger charge is -2.07. The van der Waals surface area contributed by atoms with Crippen molar-refractivity contribution in [3.63, 3.8) is 0 Å². The molecule has 0 aliphatic rings. The molecule has 0 N–H and O–H groups in total. The topological polar surface area (TPSA) is 8.81 Å². The van der Waals surface area contributed by atoms with E-state index in [9.17, 15) is 0 Å². The quantitative estimate of drug-likeness (QED) is 0.0479. The van der Waals surface area contributed by atoms with Crippen molar-refractivity contribution < 1.29 is 4.57 Å². The van der Waals surface area contributed by atoms with Crippen LogP contribution in [0.1, 0.15) is 271 Å². The Kier molecular flexibility index (Phi) is 36.3. The second-order valence-corrected chi connectivity index (χ2v) is 16.2. The molecule has 0 spiro atoms. The number of aryl methyl sites for hydroxylation is 2. The van der Waals surface area contributed by atoms with Gasteiger partial charge >= 0.3 is 0 Å². The Morgan fingerprint density at radius 3 is 0.980 bits per heavy atom. The third kappa shape index (κ3) is 30.5. The average Bonchev–Trinajstić information content (AvgIpc) is 3.50. The van der Waals surface area contributed by atoms with E-state index in [4.69, 9.17) is 0 Å². The van der Waals surface area contributed by atoms with Gasteiger partial charge in [0.15, 0.2) is 0 Å². The van der Waals surface area contributed by atoms with Crippen LogP contribution in [0.4, 0.5) is 0 Å². The molecular weight excluding hydrogens is 593 g/mol. The lowest BCUT2D eigenvalue weighted by Crippen LogP contribution is -2.37. The smallest absolute Gasteiger partial charge is 0.234 e. The molecule has 0 radical (unpaired) electrons. The zero-order valence-electron chi connectivity index (χ0n) is 34.5. The summed E-state index contributed by atoms with van der Waals surface area (Å²) in [5.41, 5.74) is 0. The van der Waals surface area contributed by atoms with Crippen LogP contribution in [0, 0.1) is 0 Å². The summed E-state index contributed by atoms with van der Waals surface area (Å²) in [5.74, 6) is 1.63. The summed E-state index contributed by atoms with van der Waals surface area (Å²) in [6.45, 7) is 9.41. The largest absolute Gasteiger partial charge is 0.256 e. The highest BCUT2D eigenvalue weighted by molar-refractivity contribution is 4.84. The first-order chi connectivity index (χ1) is 24.3. The van der Waals surface area contributed by atoms with Crippen molar-refractivity contribution >= 4 is 0 Å². The van der Waals surface area contributed by atoms with Crippen LogP contribution < -0.4 is 4.57 Å². The van der Waals surface area contributed by atoms with Gasteiger partial charge in [-0.1, -0.05) is 233 Å². The Labute approximate surface area is 310 Å². The van der Waals surface area contributed by atoms with Crippen LogP contribution >= 0.6 is 0 Å². The van der Waals surface area contributed by atoms with Gasteiger partial charge in [-0.15, -0.1) is 0 Å². The van der Waals surface area contributed by atoms with E-state index < -0.39 is 0 Å². The fraction of sp³-hybridized carbons (Fsp3) is 0.936. The summed E-state index contributed by atoms with van der Waals surface area (Å²) in [7, 11) is 0. The number of hydrogen-bond donors (Lipinski definition) is 0. The van der Waals surface area contributed by atoms with Crippen LogP contribution in [0.25, 0.3) is 0 Å². The Bertz CT molecular complexity index is 751. The fourth-order valence-corrected chi connectivity index (χ4v) is 7.92. The monoisotopic (exact) mass is 686 g/mol. The molecule has 0 fully saturated rings. The van der Waals surface area contributed by atoms with E-state index in [1.807, 2.05) is 0 Å². The first-order valence-corrected chi connectivity index (χ1v) is 23.4. The van der Waals surface area contributed by atoms with Gasteiger partial charge in [-0.3, -0.25) is 0 Å². The van der Waals surface area contributed by atoms with Gasteiger partial charge in [0.1, 0.15) is 12.4 Å². The maximum Gasteiger partial charge on any atom is 0.256 e. The van der Waals surface area contributed by atoms with Crippen molar-refractivity contribution in [2.45, 2.75) is 284 Å². The van der Waals surface area contributed by atoms with Crippen LogP contribution in [0.2, 0.25) is 0 Å². The fourth-order valence-electron chi connectivity index (χ4n) is 7.92. The van der Waals surface area contributed by atoms with Gasteiger partial charge in [0.25, 0.3) is 5.82 Å². The van der Waals surface area contributed by atoms with Gasteiger partial charge in [0.05, 0.1) is 13.1 Å². The summed E-state index contributed by atoms with van der Waals surface area (Å²) in [6, 6.07) is 0. The summed E-state index contributed by atoms with van der Waals surface area (Å²) in [5, 5.41) is 0. The SMILES string of the molecule is CCCCCCCCCCCCCCCCCCC[n+]1ccn(CCCCCCCCCC)c1CCCCCCCCCCCCCCC. The van der Waals surface area contributed by atoms with Crippen LogP contribution in [0.5, 0.6) is 0 Å². The van der Waals surface area contributed by atoms with E-state index in [-0.39, 0.29) is 0 Å². The van der Waals surface area contributed by atoms with E-state index in [1.54, 1.807) is 5.82 Å². The van der Waals surface area contributed by atoms with Crippen molar-refractivity contribution in [3.05, 3.63) is 18.2 Å². The number of imidazole rings is 1. The second kappa shape index (κ2) is 38.4. The van der Waals surface area contributed by atoms with E-state index in [1.165, 1.54) is 264 Å². The highest BCUT2D eigenvalue weighted by Gasteiger charge is 2.16. The minimum atomic E-state index is 1.23.